The Morgan fingerprint density at radius 1 is 0.630 bits per heavy atom. The molecule has 0 amide bonds. The summed E-state index contributed by atoms with van der Waals surface area (Å²) in [6.07, 6.45) is 30.0. The summed E-state index contributed by atoms with van der Waals surface area (Å²) in [6, 6.07) is 0. The number of nitrogens with zero attached hydrogens (tertiary/aromatic N) is 2. The fraction of sp³-hybridized carbons (Fsp3) is 0.880. The van der Waals surface area contributed by atoms with E-state index in [1.54, 1.807) is 0 Å². The molecule has 0 saturated heterocycles. The molecule has 0 fully saturated rings. The van der Waals surface area contributed by atoms with Gasteiger partial charge in [0, 0.05) is 6.42 Å². The summed E-state index contributed by atoms with van der Waals surface area (Å²) in [7, 11) is 2.18. The standard InChI is InChI=1S/C25H49N2/c1-4-6-7-8-9-10-11-12-13-14-15-16-17-18-19-20-22-27-24-23-26(3)25(27)21-5-2/h23-24H,4-22H2,1-3H3/q+1. The average molecular weight is 378 g/mol. The molecule has 0 aromatic carbocycles. The van der Waals surface area contributed by atoms with Crippen molar-refractivity contribution in [3.05, 3.63) is 18.2 Å². The van der Waals surface area contributed by atoms with Gasteiger partial charge in [-0.25, -0.2) is 9.13 Å². The third kappa shape index (κ3) is 12.3. The van der Waals surface area contributed by atoms with E-state index in [0.717, 1.165) is 0 Å². The number of hydrogen-bond acceptors (Lipinski definition) is 0. The molecule has 0 unspecified atom stereocenters. The lowest BCUT2D eigenvalue weighted by atomic mass is 10.0. The van der Waals surface area contributed by atoms with Crippen LogP contribution in [0.15, 0.2) is 12.4 Å². The number of rotatable bonds is 19. The second kappa shape index (κ2) is 17.3. The zero-order chi connectivity index (χ0) is 19.6. The lowest BCUT2D eigenvalue weighted by Crippen LogP contribution is -2.37. The first-order valence-electron chi connectivity index (χ1n) is 12.3. The highest BCUT2D eigenvalue weighted by molar-refractivity contribution is 4.81. The van der Waals surface area contributed by atoms with Crippen molar-refractivity contribution in [1.29, 1.82) is 0 Å². The first-order valence-corrected chi connectivity index (χ1v) is 12.3. The van der Waals surface area contributed by atoms with Crippen LogP contribution in [-0.4, -0.2) is 4.57 Å². The van der Waals surface area contributed by atoms with Gasteiger partial charge in [0.15, 0.2) is 0 Å². The van der Waals surface area contributed by atoms with Crippen molar-refractivity contribution in [2.75, 3.05) is 0 Å². The van der Waals surface area contributed by atoms with E-state index in [0.29, 0.717) is 0 Å². The minimum absolute atomic E-state index is 1.20. The van der Waals surface area contributed by atoms with E-state index in [-0.39, 0.29) is 0 Å². The average Bonchev–Trinajstić information content (AvgIpc) is 3.01. The molecule has 0 radical (unpaired) electrons. The predicted octanol–water partition coefficient (Wildman–Crippen LogP) is 7.53. The Labute approximate surface area is 170 Å². The molecule has 1 aromatic rings. The smallest absolute Gasteiger partial charge is 0.237 e. The second-order valence-corrected chi connectivity index (χ2v) is 8.57. The maximum atomic E-state index is 2.47. The molecule has 0 bridgehead atoms. The van der Waals surface area contributed by atoms with E-state index in [9.17, 15) is 0 Å². The highest BCUT2D eigenvalue weighted by Crippen LogP contribution is 2.13. The summed E-state index contributed by atoms with van der Waals surface area (Å²) in [6.45, 7) is 5.77. The zero-order valence-electron chi connectivity index (χ0n) is 19.0. The normalized spacial score (nSPS) is 11.4. The van der Waals surface area contributed by atoms with E-state index in [4.69, 9.17) is 0 Å². The Kier molecular flexibility index (Phi) is 15.6. The van der Waals surface area contributed by atoms with Gasteiger partial charge in [0.25, 0.3) is 5.82 Å². The van der Waals surface area contributed by atoms with Crippen LogP contribution in [0.25, 0.3) is 0 Å². The fourth-order valence-electron chi connectivity index (χ4n) is 4.13. The Morgan fingerprint density at radius 2 is 1.07 bits per heavy atom. The molecule has 27 heavy (non-hydrogen) atoms. The minimum Gasteiger partial charge on any atom is -0.237 e. The number of hydrogen-bond donors (Lipinski definition) is 0. The zero-order valence-corrected chi connectivity index (χ0v) is 19.0. The van der Waals surface area contributed by atoms with Gasteiger partial charge in [-0.1, -0.05) is 104 Å². The van der Waals surface area contributed by atoms with Gasteiger partial charge in [-0.3, -0.25) is 0 Å². The first kappa shape index (κ1) is 24.2. The van der Waals surface area contributed by atoms with E-state index in [2.05, 4.69) is 42.4 Å². The van der Waals surface area contributed by atoms with Gasteiger partial charge >= 0.3 is 0 Å². The van der Waals surface area contributed by atoms with Gasteiger partial charge < -0.3 is 0 Å². The summed E-state index contributed by atoms with van der Waals surface area (Å²) in [5.41, 5.74) is 0. The minimum atomic E-state index is 1.20. The maximum absolute atomic E-state index is 2.47. The number of aromatic nitrogens is 2. The quantitative estimate of drug-likeness (QED) is 0.174. The molecule has 0 spiro atoms. The van der Waals surface area contributed by atoms with Crippen LogP contribution in [0.3, 0.4) is 0 Å². The summed E-state index contributed by atoms with van der Waals surface area (Å²) >= 11 is 0. The van der Waals surface area contributed by atoms with Gasteiger partial charge in [-0.15, -0.1) is 0 Å². The predicted molar refractivity (Wildman–Crippen MR) is 119 cm³/mol. The molecule has 1 aromatic heterocycles. The van der Waals surface area contributed by atoms with Crippen molar-refractivity contribution < 1.29 is 4.57 Å². The highest BCUT2D eigenvalue weighted by atomic mass is 15.1. The lowest BCUT2D eigenvalue weighted by molar-refractivity contribution is -0.704. The maximum Gasteiger partial charge on any atom is 0.256 e. The van der Waals surface area contributed by atoms with Crippen molar-refractivity contribution in [2.24, 2.45) is 7.05 Å². The third-order valence-electron chi connectivity index (χ3n) is 5.94. The third-order valence-corrected chi connectivity index (χ3v) is 5.94. The summed E-state index contributed by atoms with van der Waals surface area (Å²) in [4.78, 5) is 0. The molecule has 0 atom stereocenters. The lowest BCUT2D eigenvalue weighted by Gasteiger charge is -2.04. The monoisotopic (exact) mass is 377 g/mol. The highest BCUT2D eigenvalue weighted by Gasteiger charge is 2.12. The molecule has 1 rings (SSSR count). The number of imidazole rings is 1. The van der Waals surface area contributed by atoms with Crippen molar-refractivity contribution in [1.82, 2.24) is 4.57 Å². The van der Waals surface area contributed by atoms with Crippen LogP contribution in [0.5, 0.6) is 0 Å². The van der Waals surface area contributed by atoms with E-state index >= 15 is 0 Å². The molecule has 0 aliphatic heterocycles. The number of unbranched alkanes of at least 4 members (excludes halogenated alkanes) is 15. The van der Waals surface area contributed by atoms with Gasteiger partial charge in [-0.05, 0) is 19.3 Å². The molecule has 158 valence electrons. The summed E-state index contributed by atoms with van der Waals surface area (Å²) in [5, 5.41) is 0. The molecular weight excluding hydrogens is 328 g/mol. The first-order chi connectivity index (χ1) is 13.3. The molecule has 0 N–H and O–H groups in total. The van der Waals surface area contributed by atoms with E-state index in [1.807, 2.05) is 0 Å². The second-order valence-electron chi connectivity index (χ2n) is 8.57. The van der Waals surface area contributed by atoms with Gasteiger partial charge in [0.05, 0.1) is 13.6 Å². The van der Waals surface area contributed by atoms with Crippen LogP contribution in [0.4, 0.5) is 0 Å². The van der Waals surface area contributed by atoms with Gasteiger partial charge in [-0.2, -0.15) is 0 Å². The number of aryl methyl sites for hydroxylation is 2. The topological polar surface area (TPSA) is 8.81 Å². The SMILES string of the molecule is CCCCCCCCCCCCCCCCCC[n+]1ccn(C)c1CCC. The molecule has 0 saturated carbocycles. The summed E-state index contributed by atoms with van der Waals surface area (Å²) < 4.78 is 4.75. The Morgan fingerprint density at radius 3 is 1.52 bits per heavy atom. The van der Waals surface area contributed by atoms with Crippen LogP contribution < -0.4 is 4.57 Å². The van der Waals surface area contributed by atoms with Crippen LogP contribution in [0, 0.1) is 0 Å². The van der Waals surface area contributed by atoms with Gasteiger partial charge in [0.2, 0.25) is 0 Å². The molecule has 0 aliphatic carbocycles. The Hall–Kier alpha value is -0.790. The van der Waals surface area contributed by atoms with Crippen molar-refractivity contribution in [2.45, 2.75) is 136 Å². The molecule has 2 heteroatoms. The van der Waals surface area contributed by atoms with Crippen LogP contribution in [-0.2, 0) is 20.0 Å². The Balaban J connectivity index is 1.83. The van der Waals surface area contributed by atoms with Crippen molar-refractivity contribution in [3.63, 3.8) is 0 Å². The molecule has 2 nitrogen and oxygen atoms in total. The van der Waals surface area contributed by atoms with Crippen molar-refractivity contribution >= 4 is 0 Å². The summed E-state index contributed by atoms with van der Waals surface area (Å²) in [5.74, 6) is 1.48. The van der Waals surface area contributed by atoms with E-state index < -0.39 is 0 Å². The molecular formula is C25H49N2+. The van der Waals surface area contributed by atoms with Crippen LogP contribution in [0.2, 0.25) is 0 Å². The van der Waals surface area contributed by atoms with E-state index in [1.165, 1.54) is 128 Å². The van der Waals surface area contributed by atoms with Crippen LogP contribution >= 0.6 is 0 Å². The van der Waals surface area contributed by atoms with Crippen molar-refractivity contribution in [3.8, 4) is 0 Å². The molecule has 0 aliphatic rings. The van der Waals surface area contributed by atoms with Crippen LogP contribution in [0.1, 0.15) is 129 Å². The largest absolute Gasteiger partial charge is 0.256 e. The Bertz CT molecular complexity index is 436. The fourth-order valence-corrected chi connectivity index (χ4v) is 4.13. The van der Waals surface area contributed by atoms with Gasteiger partial charge in [0.1, 0.15) is 12.4 Å². The molecule has 1 heterocycles.